The number of esters is 1. The summed E-state index contributed by atoms with van der Waals surface area (Å²) < 4.78 is 5.25. The second-order valence-corrected chi connectivity index (χ2v) is 8.13. The first kappa shape index (κ1) is 19.5. The fraction of sp³-hybridized carbons (Fsp3) is 0.824. The van der Waals surface area contributed by atoms with Gasteiger partial charge in [0.2, 0.25) is 5.91 Å². The zero-order valence-electron chi connectivity index (χ0n) is 14.8. The second-order valence-electron chi connectivity index (χ2n) is 8.13. The van der Waals surface area contributed by atoms with E-state index in [2.05, 4.69) is 5.32 Å². The first-order chi connectivity index (χ1) is 10.4. The molecule has 1 rings (SSSR count). The molecule has 1 aliphatic carbocycles. The minimum atomic E-state index is -0.898. The number of carbonyl (C=O) groups excluding carboxylic acids is 2. The Labute approximate surface area is 138 Å². The van der Waals surface area contributed by atoms with Gasteiger partial charge in [0.25, 0.3) is 0 Å². The van der Waals surface area contributed by atoms with E-state index < -0.39 is 22.5 Å². The molecule has 1 aliphatic rings. The molecule has 0 aliphatic heterocycles. The summed E-state index contributed by atoms with van der Waals surface area (Å²) in [7, 11) is 0. The van der Waals surface area contributed by atoms with Crippen molar-refractivity contribution in [2.24, 2.45) is 5.41 Å². The molecule has 0 heterocycles. The molecule has 0 unspecified atom stereocenters. The molecule has 23 heavy (non-hydrogen) atoms. The highest BCUT2D eigenvalue weighted by molar-refractivity contribution is 5.86. The summed E-state index contributed by atoms with van der Waals surface area (Å²) >= 11 is 0. The van der Waals surface area contributed by atoms with E-state index in [1.165, 1.54) is 0 Å². The first-order valence-electron chi connectivity index (χ1n) is 8.12. The van der Waals surface area contributed by atoms with E-state index in [0.717, 1.165) is 6.42 Å². The molecule has 0 atom stereocenters. The van der Waals surface area contributed by atoms with Crippen LogP contribution in [0.4, 0.5) is 0 Å². The number of hydrogen-bond acceptors (Lipinski definition) is 4. The highest BCUT2D eigenvalue weighted by Crippen LogP contribution is 2.44. The Morgan fingerprint density at radius 2 is 1.70 bits per heavy atom. The monoisotopic (exact) mass is 327 g/mol. The maximum Gasteiger partial charge on any atom is 0.310 e. The summed E-state index contributed by atoms with van der Waals surface area (Å²) in [5.74, 6) is -1.48. The number of ether oxygens (including phenoxy) is 1. The van der Waals surface area contributed by atoms with Gasteiger partial charge < -0.3 is 15.2 Å². The van der Waals surface area contributed by atoms with E-state index in [1.807, 2.05) is 34.6 Å². The fourth-order valence-electron chi connectivity index (χ4n) is 2.67. The summed E-state index contributed by atoms with van der Waals surface area (Å²) in [5.41, 5.74) is -2.01. The third-order valence-electron chi connectivity index (χ3n) is 4.12. The van der Waals surface area contributed by atoms with Crippen molar-refractivity contribution in [1.29, 1.82) is 0 Å². The summed E-state index contributed by atoms with van der Waals surface area (Å²) in [6, 6.07) is 0. The molecule has 0 radical (unpaired) electrons. The van der Waals surface area contributed by atoms with Crippen LogP contribution in [0.1, 0.15) is 73.1 Å². The van der Waals surface area contributed by atoms with E-state index in [0.29, 0.717) is 19.3 Å². The molecule has 6 heteroatoms. The van der Waals surface area contributed by atoms with Crippen LogP contribution < -0.4 is 5.32 Å². The van der Waals surface area contributed by atoms with Gasteiger partial charge >= 0.3 is 11.9 Å². The lowest BCUT2D eigenvalue weighted by Gasteiger charge is -2.38. The van der Waals surface area contributed by atoms with Crippen molar-refractivity contribution < 1.29 is 24.2 Å². The van der Waals surface area contributed by atoms with E-state index in [4.69, 9.17) is 4.74 Å². The summed E-state index contributed by atoms with van der Waals surface area (Å²) in [4.78, 5) is 35.2. The van der Waals surface area contributed by atoms with Gasteiger partial charge in [-0.1, -0.05) is 6.42 Å². The van der Waals surface area contributed by atoms with Crippen LogP contribution in [-0.2, 0) is 19.1 Å². The Kier molecular flexibility index (Phi) is 5.83. The van der Waals surface area contributed by atoms with Crippen LogP contribution in [0.5, 0.6) is 0 Å². The number of nitrogens with one attached hydrogen (secondary N) is 1. The van der Waals surface area contributed by atoms with Crippen LogP contribution in [0, 0.1) is 5.41 Å². The zero-order valence-corrected chi connectivity index (χ0v) is 14.8. The van der Waals surface area contributed by atoms with Gasteiger partial charge in [0.05, 0.1) is 5.41 Å². The number of carbonyl (C=O) groups is 3. The van der Waals surface area contributed by atoms with E-state index in [9.17, 15) is 19.5 Å². The lowest BCUT2D eigenvalue weighted by Crippen LogP contribution is -2.48. The topological polar surface area (TPSA) is 92.7 Å². The summed E-state index contributed by atoms with van der Waals surface area (Å²) in [6.45, 7) is 9.07. The smallest absolute Gasteiger partial charge is 0.310 e. The SMILES string of the molecule is CC(C)(CCC(=O)OC(C)(C)C)NC(=O)CC1(C(=O)O)CCC1. The molecule has 0 saturated heterocycles. The number of carboxylic acid groups (broad SMARTS) is 1. The molecule has 0 aromatic rings. The van der Waals surface area contributed by atoms with Crippen LogP contribution >= 0.6 is 0 Å². The molecule has 2 N–H and O–H groups in total. The van der Waals surface area contributed by atoms with Gasteiger partial charge in [0.1, 0.15) is 5.60 Å². The fourth-order valence-corrected chi connectivity index (χ4v) is 2.67. The Bertz CT molecular complexity index is 472. The highest BCUT2D eigenvalue weighted by atomic mass is 16.6. The van der Waals surface area contributed by atoms with Crippen LogP contribution in [0.3, 0.4) is 0 Å². The van der Waals surface area contributed by atoms with Gasteiger partial charge in [-0.25, -0.2) is 0 Å². The molecule has 1 amide bonds. The minimum absolute atomic E-state index is 0.00178. The Hall–Kier alpha value is -1.59. The van der Waals surface area contributed by atoms with Crippen LogP contribution in [0.15, 0.2) is 0 Å². The van der Waals surface area contributed by atoms with Crippen LogP contribution in [0.2, 0.25) is 0 Å². The molecule has 0 bridgehead atoms. The van der Waals surface area contributed by atoms with Crippen molar-refractivity contribution in [3.63, 3.8) is 0 Å². The Morgan fingerprint density at radius 1 is 1.13 bits per heavy atom. The van der Waals surface area contributed by atoms with Gasteiger partial charge in [0, 0.05) is 18.4 Å². The second kappa shape index (κ2) is 6.89. The molecule has 0 aromatic heterocycles. The van der Waals surface area contributed by atoms with Crippen molar-refractivity contribution >= 4 is 17.8 Å². The van der Waals surface area contributed by atoms with Crippen molar-refractivity contribution in [1.82, 2.24) is 5.32 Å². The quantitative estimate of drug-likeness (QED) is 0.701. The molecule has 1 fully saturated rings. The van der Waals surface area contributed by atoms with Gasteiger partial charge in [-0.15, -0.1) is 0 Å². The van der Waals surface area contributed by atoms with Crippen molar-refractivity contribution in [3.8, 4) is 0 Å². The van der Waals surface area contributed by atoms with Crippen molar-refractivity contribution in [3.05, 3.63) is 0 Å². The number of rotatable bonds is 7. The molecular weight excluding hydrogens is 298 g/mol. The van der Waals surface area contributed by atoms with Crippen molar-refractivity contribution in [2.45, 2.75) is 84.3 Å². The Balaban J connectivity index is 2.46. The molecule has 0 aromatic carbocycles. The van der Waals surface area contributed by atoms with Gasteiger partial charge in [-0.05, 0) is 53.9 Å². The van der Waals surface area contributed by atoms with E-state index in [-0.39, 0.29) is 24.7 Å². The maximum absolute atomic E-state index is 12.2. The number of aliphatic carboxylic acids is 1. The Morgan fingerprint density at radius 3 is 2.09 bits per heavy atom. The van der Waals surface area contributed by atoms with Crippen molar-refractivity contribution in [2.75, 3.05) is 0 Å². The number of hydrogen-bond donors (Lipinski definition) is 2. The minimum Gasteiger partial charge on any atom is -0.481 e. The largest absolute Gasteiger partial charge is 0.481 e. The summed E-state index contributed by atoms with van der Waals surface area (Å²) in [6.07, 6.45) is 2.59. The van der Waals surface area contributed by atoms with E-state index >= 15 is 0 Å². The third-order valence-corrected chi connectivity index (χ3v) is 4.12. The predicted octanol–water partition coefficient (Wildman–Crippen LogP) is 2.65. The number of amides is 1. The molecular formula is C17H29NO5. The van der Waals surface area contributed by atoms with Crippen LogP contribution in [-0.4, -0.2) is 34.1 Å². The predicted molar refractivity (Wildman–Crippen MR) is 85.8 cm³/mol. The zero-order chi connectivity index (χ0) is 17.9. The molecule has 132 valence electrons. The van der Waals surface area contributed by atoms with E-state index in [1.54, 1.807) is 0 Å². The number of carboxylic acids is 1. The van der Waals surface area contributed by atoms with Gasteiger partial charge in [-0.3, -0.25) is 14.4 Å². The standard InChI is InChI=1S/C17H29NO5/c1-15(2,3)23-13(20)7-10-16(4,5)18-12(19)11-17(14(21)22)8-6-9-17/h6-11H2,1-5H3,(H,18,19)(H,21,22). The lowest BCUT2D eigenvalue weighted by atomic mass is 9.66. The highest BCUT2D eigenvalue weighted by Gasteiger charge is 2.46. The normalized spacial score (nSPS) is 17.1. The summed E-state index contributed by atoms with van der Waals surface area (Å²) in [5, 5.41) is 12.1. The molecule has 6 nitrogen and oxygen atoms in total. The molecule has 1 saturated carbocycles. The third kappa shape index (κ3) is 6.20. The molecule has 0 spiro atoms. The maximum atomic E-state index is 12.2. The lowest BCUT2D eigenvalue weighted by molar-refractivity contribution is -0.157. The van der Waals surface area contributed by atoms with Gasteiger partial charge in [-0.2, -0.15) is 0 Å². The van der Waals surface area contributed by atoms with Crippen LogP contribution in [0.25, 0.3) is 0 Å². The average Bonchev–Trinajstić information content (AvgIpc) is 2.28. The first-order valence-corrected chi connectivity index (χ1v) is 8.12. The average molecular weight is 327 g/mol. The van der Waals surface area contributed by atoms with Gasteiger partial charge in [0.15, 0.2) is 0 Å².